The second-order valence-corrected chi connectivity index (χ2v) is 6.29. The van der Waals surface area contributed by atoms with Gasteiger partial charge in [-0.2, -0.15) is 0 Å². The van der Waals surface area contributed by atoms with Crippen molar-refractivity contribution in [2.24, 2.45) is 0 Å². The van der Waals surface area contributed by atoms with Gasteiger partial charge in [-0.05, 0) is 25.7 Å². The summed E-state index contributed by atoms with van der Waals surface area (Å²) in [7, 11) is 0. The van der Waals surface area contributed by atoms with Gasteiger partial charge >= 0.3 is 5.97 Å². The molecule has 3 rings (SSSR count). The summed E-state index contributed by atoms with van der Waals surface area (Å²) in [5.41, 5.74) is 0. The fourth-order valence-electron chi connectivity index (χ4n) is 3.41. The van der Waals surface area contributed by atoms with E-state index in [1.807, 2.05) is 0 Å². The lowest BCUT2D eigenvalue weighted by Gasteiger charge is -2.32. The van der Waals surface area contributed by atoms with Crippen LogP contribution in [0.2, 0.25) is 0 Å². The zero-order valence-electron chi connectivity index (χ0n) is 12.2. The van der Waals surface area contributed by atoms with Crippen molar-refractivity contribution < 1.29 is 28.2 Å². The third-order valence-electron chi connectivity index (χ3n) is 4.52. The third-order valence-corrected chi connectivity index (χ3v) is 4.52. The largest absolute Gasteiger partial charge is 0.480 e. The monoisotopic (exact) mass is 318 g/mol. The minimum Gasteiger partial charge on any atom is -0.480 e. The Labute approximate surface area is 127 Å². The van der Waals surface area contributed by atoms with E-state index in [4.69, 9.17) is 4.74 Å². The van der Waals surface area contributed by atoms with Crippen LogP contribution in [0.4, 0.5) is 8.78 Å². The second kappa shape index (κ2) is 5.73. The van der Waals surface area contributed by atoms with Gasteiger partial charge in [0.2, 0.25) is 5.91 Å². The number of amides is 1. The molecule has 2 aliphatic heterocycles. The van der Waals surface area contributed by atoms with Crippen LogP contribution in [0.25, 0.3) is 0 Å². The van der Waals surface area contributed by atoms with Gasteiger partial charge in [0.15, 0.2) is 0 Å². The van der Waals surface area contributed by atoms with Crippen molar-refractivity contribution in [3.05, 3.63) is 0 Å². The van der Waals surface area contributed by atoms with Crippen molar-refractivity contribution in [3.63, 3.8) is 0 Å². The number of carboxylic acids is 1. The highest BCUT2D eigenvalue weighted by atomic mass is 19.3. The van der Waals surface area contributed by atoms with E-state index < -0.39 is 37.1 Å². The van der Waals surface area contributed by atoms with Gasteiger partial charge in [-0.3, -0.25) is 14.5 Å². The highest BCUT2D eigenvalue weighted by molar-refractivity contribution is 5.84. The Morgan fingerprint density at radius 3 is 2.45 bits per heavy atom. The predicted octanol–water partition coefficient (Wildman–Crippen LogP) is 0.560. The van der Waals surface area contributed by atoms with E-state index >= 15 is 0 Å². The predicted molar refractivity (Wildman–Crippen MR) is 71.7 cm³/mol. The van der Waals surface area contributed by atoms with Gasteiger partial charge in [0.05, 0.1) is 19.2 Å². The maximum Gasteiger partial charge on any atom is 0.320 e. The lowest BCUT2D eigenvalue weighted by atomic mass is 10.1. The molecule has 0 radical (unpaired) electrons. The molecule has 2 saturated heterocycles. The lowest BCUT2D eigenvalue weighted by Crippen LogP contribution is -2.52. The summed E-state index contributed by atoms with van der Waals surface area (Å²) in [4.78, 5) is 26.9. The SMILES string of the molecule is O=C(O)C1CCC(C(=O)N2CCOCC(F)(F)C2)N1C1CC1. The quantitative estimate of drug-likeness (QED) is 0.823. The van der Waals surface area contributed by atoms with Crippen LogP contribution in [0.5, 0.6) is 0 Å². The minimum absolute atomic E-state index is 0.0832. The van der Waals surface area contributed by atoms with Gasteiger partial charge < -0.3 is 14.7 Å². The number of rotatable bonds is 3. The number of halogens is 2. The van der Waals surface area contributed by atoms with Crippen LogP contribution in [0, 0.1) is 0 Å². The van der Waals surface area contributed by atoms with E-state index in [9.17, 15) is 23.5 Å². The van der Waals surface area contributed by atoms with E-state index in [1.165, 1.54) is 0 Å². The Bertz CT molecular complexity index is 470. The van der Waals surface area contributed by atoms with E-state index in [2.05, 4.69) is 0 Å². The van der Waals surface area contributed by atoms with E-state index in [0.29, 0.717) is 12.8 Å². The lowest BCUT2D eigenvalue weighted by molar-refractivity contribution is -0.146. The highest BCUT2D eigenvalue weighted by Crippen LogP contribution is 2.38. The van der Waals surface area contributed by atoms with Crippen molar-refractivity contribution in [3.8, 4) is 0 Å². The Morgan fingerprint density at radius 2 is 1.82 bits per heavy atom. The van der Waals surface area contributed by atoms with Gasteiger partial charge in [0.25, 0.3) is 5.92 Å². The number of nitrogens with zero attached hydrogens (tertiary/aromatic N) is 2. The maximum atomic E-state index is 13.6. The number of hydrogen-bond acceptors (Lipinski definition) is 4. The molecule has 3 aliphatic rings. The first-order chi connectivity index (χ1) is 10.4. The van der Waals surface area contributed by atoms with Gasteiger partial charge in [-0.25, -0.2) is 8.78 Å². The van der Waals surface area contributed by atoms with Crippen LogP contribution in [0.15, 0.2) is 0 Å². The molecule has 1 aliphatic carbocycles. The highest BCUT2D eigenvalue weighted by Gasteiger charge is 2.50. The molecule has 1 saturated carbocycles. The molecular formula is C14H20F2N2O4. The van der Waals surface area contributed by atoms with Crippen molar-refractivity contribution in [2.45, 2.75) is 49.7 Å². The summed E-state index contributed by atoms with van der Waals surface area (Å²) >= 11 is 0. The maximum absolute atomic E-state index is 13.6. The molecule has 2 heterocycles. The number of carbonyl (C=O) groups excluding carboxylic acids is 1. The summed E-state index contributed by atoms with van der Waals surface area (Å²) in [5.74, 6) is -4.38. The fraction of sp³-hybridized carbons (Fsp3) is 0.857. The number of ether oxygens (including phenoxy) is 1. The Morgan fingerprint density at radius 1 is 1.14 bits per heavy atom. The summed E-state index contributed by atoms with van der Waals surface area (Å²) in [6, 6.07) is -1.17. The van der Waals surface area contributed by atoms with Crippen molar-refractivity contribution in [1.29, 1.82) is 0 Å². The van der Waals surface area contributed by atoms with Crippen LogP contribution in [0.1, 0.15) is 25.7 Å². The van der Waals surface area contributed by atoms with Crippen molar-refractivity contribution >= 4 is 11.9 Å². The zero-order chi connectivity index (χ0) is 15.9. The number of aliphatic carboxylic acids is 1. The summed E-state index contributed by atoms with van der Waals surface area (Å²) in [6.45, 7) is -1.12. The Balaban J connectivity index is 1.74. The molecule has 2 atom stereocenters. The standard InChI is InChI=1S/C14H20F2N2O4/c15-14(16)7-17(5-6-22-8-14)12(19)10-3-4-11(13(20)21)18(10)9-1-2-9/h9-11H,1-8H2,(H,20,21). The molecule has 0 aromatic rings. The fourth-order valence-corrected chi connectivity index (χ4v) is 3.41. The van der Waals surface area contributed by atoms with E-state index in [-0.39, 0.29) is 25.1 Å². The minimum atomic E-state index is -3.05. The van der Waals surface area contributed by atoms with Crippen molar-refractivity contribution in [1.82, 2.24) is 9.80 Å². The summed E-state index contributed by atoms with van der Waals surface area (Å²) < 4.78 is 32.1. The number of carboxylic acid groups (broad SMARTS) is 1. The molecule has 3 fully saturated rings. The molecular weight excluding hydrogens is 298 g/mol. The number of carbonyl (C=O) groups is 2. The molecule has 22 heavy (non-hydrogen) atoms. The average molecular weight is 318 g/mol. The first-order valence-corrected chi connectivity index (χ1v) is 7.64. The third kappa shape index (κ3) is 3.08. The number of likely N-dealkylation sites (tertiary alicyclic amines) is 1. The van der Waals surface area contributed by atoms with Crippen LogP contribution in [0.3, 0.4) is 0 Å². The topological polar surface area (TPSA) is 70.1 Å². The van der Waals surface area contributed by atoms with Crippen LogP contribution in [-0.2, 0) is 14.3 Å². The van der Waals surface area contributed by atoms with Crippen LogP contribution >= 0.6 is 0 Å². The second-order valence-electron chi connectivity index (χ2n) is 6.29. The summed E-state index contributed by atoms with van der Waals surface area (Å²) in [5, 5.41) is 9.29. The number of alkyl halides is 2. The average Bonchev–Trinajstić information content (AvgIpc) is 3.21. The van der Waals surface area contributed by atoms with E-state index in [0.717, 1.165) is 17.7 Å². The Kier molecular flexibility index (Phi) is 4.07. The first kappa shape index (κ1) is 15.6. The van der Waals surface area contributed by atoms with Crippen molar-refractivity contribution in [2.75, 3.05) is 26.3 Å². The van der Waals surface area contributed by atoms with Gasteiger partial charge in [0.1, 0.15) is 12.6 Å². The molecule has 0 aromatic heterocycles. The van der Waals surface area contributed by atoms with Crippen LogP contribution in [-0.4, -0.2) is 77.1 Å². The molecule has 2 unspecified atom stereocenters. The smallest absolute Gasteiger partial charge is 0.320 e. The van der Waals surface area contributed by atoms with Gasteiger partial charge in [0, 0.05) is 12.6 Å². The van der Waals surface area contributed by atoms with Crippen LogP contribution < -0.4 is 0 Å². The molecule has 6 nitrogen and oxygen atoms in total. The Hall–Kier alpha value is -1.28. The normalized spacial score (nSPS) is 32.7. The zero-order valence-corrected chi connectivity index (χ0v) is 12.2. The molecule has 0 bridgehead atoms. The molecule has 0 aromatic carbocycles. The van der Waals surface area contributed by atoms with E-state index in [1.54, 1.807) is 4.90 Å². The molecule has 1 amide bonds. The summed E-state index contributed by atoms with van der Waals surface area (Å²) in [6.07, 6.45) is 2.54. The van der Waals surface area contributed by atoms with Gasteiger partial charge in [-0.15, -0.1) is 0 Å². The molecule has 0 spiro atoms. The molecule has 8 heteroatoms. The van der Waals surface area contributed by atoms with Gasteiger partial charge in [-0.1, -0.05) is 0 Å². The number of hydrogen-bond donors (Lipinski definition) is 1. The first-order valence-electron chi connectivity index (χ1n) is 7.64. The molecule has 1 N–H and O–H groups in total. The molecule has 124 valence electrons.